The molecule has 0 amide bonds. The summed E-state index contributed by atoms with van der Waals surface area (Å²) in [7, 11) is 0. The second kappa shape index (κ2) is 8.15. The first-order valence-electron chi connectivity index (χ1n) is 7.87. The Labute approximate surface area is 127 Å². The van der Waals surface area contributed by atoms with Gasteiger partial charge in [0.25, 0.3) is 0 Å². The van der Waals surface area contributed by atoms with E-state index in [0.29, 0.717) is 6.04 Å². The molecule has 0 saturated carbocycles. The van der Waals surface area contributed by atoms with Crippen molar-refractivity contribution in [1.29, 1.82) is 0 Å². The third-order valence-corrected chi connectivity index (χ3v) is 4.28. The molecule has 0 bridgehead atoms. The number of carboxylic acids is 1. The van der Waals surface area contributed by atoms with Crippen LogP contribution < -0.4 is 0 Å². The normalized spacial score (nSPS) is 21.1. The summed E-state index contributed by atoms with van der Waals surface area (Å²) in [6.45, 7) is 7.37. The minimum atomic E-state index is -0.691. The van der Waals surface area contributed by atoms with Crippen LogP contribution >= 0.6 is 0 Å². The Hall–Kier alpha value is -1.39. The van der Waals surface area contributed by atoms with Crippen LogP contribution in [0.15, 0.2) is 30.3 Å². The lowest BCUT2D eigenvalue weighted by molar-refractivity contribution is -0.137. The Balaban J connectivity index is 1.81. The Bertz CT molecular complexity index is 436. The molecule has 21 heavy (non-hydrogen) atoms. The molecular formula is C17H26N2O2. The van der Waals surface area contributed by atoms with Gasteiger partial charge in [-0.15, -0.1) is 0 Å². The highest BCUT2D eigenvalue weighted by Gasteiger charge is 2.20. The molecule has 1 fully saturated rings. The fourth-order valence-corrected chi connectivity index (χ4v) is 2.88. The monoisotopic (exact) mass is 290 g/mol. The first-order chi connectivity index (χ1) is 10.1. The van der Waals surface area contributed by atoms with E-state index < -0.39 is 5.97 Å². The van der Waals surface area contributed by atoms with Crippen LogP contribution in [0.25, 0.3) is 0 Å². The second-order valence-electron chi connectivity index (χ2n) is 5.93. The van der Waals surface area contributed by atoms with Crippen molar-refractivity contribution < 1.29 is 9.90 Å². The average molecular weight is 290 g/mol. The molecule has 0 aliphatic carbocycles. The number of rotatable bonds is 6. The van der Waals surface area contributed by atoms with Crippen LogP contribution in [0.3, 0.4) is 0 Å². The van der Waals surface area contributed by atoms with Crippen LogP contribution in [-0.2, 0) is 11.3 Å². The number of aliphatic carboxylic acids is 1. The zero-order valence-electron chi connectivity index (χ0n) is 12.9. The van der Waals surface area contributed by atoms with Gasteiger partial charge in [-0.2, -0.15) is 0 Å². The van der Waals surface area contributed by atoms with Gasteiger partial charge in [0.05, 0.1) is 0 Å². The number of hydrogen-bond donors (Lipinski definition) is 1. The molecule has 1 N–H and O–H groups in total. The molecule has 2 rings (SSSR count). The minimum Gasteiger partial charge on any atom is -0.481 e. The summed E-state index contributed by atoms with van der Waals surface area (Å²) in [5, 5.41) is 8.72. The molecule has 1 aromatic carbocycles. The molecule has 1 unspecified atom stereocenters. The van der Waals surface area contributed by atoms with E-state index >= 15 is 0 Å². The predicted molar refractivity (Wildman–Crippen MR) is 84.2 cm³/mol. The molecule has 1 heterocycles. The summed E-state index contributed by atoms with van der Waals surface area (Å²) in [5.74, 6) is -0.691. The standard InChI is InChI=1S/C17H26N2O2/c1-15-9-11-18(10-5-8-17(20)21)12-13-19(15)14-16-6-3-2-4-7-16/h2-4,6-7,15H,5,8-14H2,1H3,(H,20,21). The lowest BCUT2D eigenvalue weighted by Crippen LogP contribution is -2.34. The van der Waals surface area contributed by atoms with Crippen LogP contribution in [0, 0.1) is 0 Å². The number of benzene rings is 1. The fourth-order valence-electron chi connectivity index (χ4n) is 2.88. The average Bonchev–Trinajstić information content (AvgIpc) is 2.64. The van der Waals surface area contributed by atoms with Gasteiger partial charge >= 0.3 is 5.97 Å². The van der Waals surface area contributed by atoms with E-state index in [-0.39, 0.29) is 6.42 Å². The van der Waals surface area contributed by atoms with E-state index in [1.165, 1.54) is 5.56 Å². The third kappa shape index (κ3) is 5.48. The third-order valence-electron chi connectivity index (χ3n) is 4.28. The van der Waals surface area contributed by atoms with Crippen molar-refractivity contribution in [1.82, 2.24) is 9.80 Å². The van der Waals surface area contributed by atoms with Crippen molar-refractivity contribution in [3.63, 3.8) is 0 Å². The molecule has 4 nitrogen and oxygen atoms in total. The maximum Gasteiger partial charge on any atom is 0.303 e. The Morgan fingerprint density at radius 2 is 2.00 bits per heavy atom. The highest BCUT2D eigenvalue weighted by molar-refractivity contribution is 5.66. The van der Waals surface area contributed by atoms with Crippen molar-refractivity contribution in [2.75, 3.05) is 26.2 Å². The highest BCUT2D eigenvalue weighted by atomic mass is 16.4. The fraction of sp³-hybridized carbons (Fsp3) is 0.588. The van der Waals surface area contributed by atoms with Gasteiger partial charge in [0.1, 0.15) is 0 Å². The molecule has 116 valence electrons. The summed E-state index contributed by atoms with van der Waals surface area (Å²) < 4.78 is 0. The second-order valence-corrected chi connectivity index (χ2v) is 5.93. The quantitative estimate of drug-likeness (QED) is 0.874. The number of nitrogens with zero attached hydrogens (tertiary/aromatic N) is 2. The molecule has 1 aromatic rings. The summed E-state index contributed by atoms with van der Waals surface area (Å²) in [4.78, 5) is 15.5. The largest absolute Gasteiger partial charge is 0.481 e. The van der Waals surface area contributed by atoms with Crippen LogP contribution in [0.1, 0.15) is 31.7 Å². The molecule has 1 aliphatic heterocycles. The molecule has 0 radical (unpaired) electrons. The van der Waals surface area contributed by atoms with Crippen molar-refractivity contribution in [3.05, 3.63) is 35.9 Å². The number of hydrogen-bond acceptors (Lipinski definition) is 3. The van der Waals surface area contributed by atoms with E-state index in [1.807, 2.05) is 0 Å². The molecule has 4 heteroatoms. The summed E-state index contributed by atoms with van der Waals surface area (Å²) >= 11 is 0. The van der Waals surface area contributed by atoms with E-state index in [1.54, 1.807) is 0 Å². The summed E-state index contributed by atoms with van der Waals surface area (Å²) in [6.07, 6.45) is 2.18. The van der Waals surface area contributed by atoms with E-state index in [4.69, 9.17) is 5.11 Å². The molecule has 1 saturated heterocycles. The SMILES string of the molecule is CC1CCN(CCCC(=O)O)CCN1Cc1ccccc1. The number of carboxylic acid groups (broad SMARTS) is 1. The van der Waals surface area contributed by atoms with Crippen LogP contribution in [0.5, 0.6) is 0 Å². The van der Waals surface area contributed by atoms with Crippen molar-refractivity contribution in [2.24, 2.45) is 0 Å². The Kier molecular flexibility index (Phi) is 6.21. The zero-order valence-corrected chi connectivity index (χ0v) is 12.9. The Morgan fingerprint density at radius 3 is 2.71 bits per heavy atom. The van der Waals surface area contributed by atoms with Gasteiger partial charge in [0.2, 0.25) is 0 Å². The van der Waals surface area contributed by atoms with Gasteiger partial charge in [-0.25, -0.2) is 0 Å². The zero-order chi connectivity index (χ0) is 15.1. The van der Waals surface area contributed by atoms with Gasteiger partial charge in [-0.1, -0.05) is 30.3 Å². The molecule has 0 spiro atoms. The smallest absolute Gasteiger partial charge is 0.303 e. The van der Waals surface area contributed by atoms with Crippen molar-refractivity contribution in [2.45, 2.75) is 38.8 Å². The van der Waals surface area contributed by atoms with Crippen molar-refractivity contribution >= 4 is 5.97 Å². The lowest BCUT2D eigenvalue weighted by atomic mass is 10.1. The van der Waals surface area contributed by atoms with E-state index in [9.17, 15) is 4.79 Å². The minimum absolute atomic E-state index is 0.278. The number of carbonyl (C=O) groups is 1. The molecule has 1 aliphatic rings. The Morgan fingerprint density at radius 1 is 1.24 bits per heavy atom. The van der Waals surface area contributed by atoms with Gasteiger partial charge in [-0.05, 0) is 38.4 Å². The summed E-state index contributed by atoms with van der Waals surface area (Å²) in [5.41, 5.74) is 1.36. The highest BCUT2D eigenvalue weighted by Crippen LogP contribution is 2.15. The molecule has 1 atom stereocenters. The van der Waals surface area contributed by atoms with E-state index in [2.05, 4.69) is 47.1 Å². The maximum atomic E-state index is 10.6. The first-order valence-corrected chi connectivity index (χ1v) is 7.87. The molecular weight excluding hydrogens is 264 g/mol. The van der Waals surface area contributed by atoms with Gasteiger partial charge in [0.15, 0.2) is 0 Å². The molecule has 0 aromatic heterocycles. The summed E-state index contributed by atoms with van der Waals surface area (Å²) in [6, 6.07) is 11.2. The van der Waals surface area contributed by atoms with Crippen LogP contribution in [-0.4, -0.2) is 53.1 Å². The van der Waals surface area contributed by atoms with Gasteiger partial charge in [-0.3, -0.25) is 9.69 Å². The van der Waals surface area contributed by atoms with E-state index in [0.717, 1.165) is 45.6 Å². The van der Waals surface area contributed by atoms with Crippen LogP contribution in [0.2, 0.25) is 0 Å². The van der Waals surface area contributed by atoms with Crippen LogP contribution in [0.4, 0.5) is 0 Å². The van der Waals surface area contributed by atoms with Gasteiger partial charge < -0.3 is 10.0 Å². The lowest BCUT2D eigenvalue weighted by Gasteiger charge is -2.26. The maximum absolute atomic E-state index is 10.6. The first kappa shape index (κ1) is 16.0. The predicted octanol–water partition coefficient (Wildman–Crippen LogP) is 2.45. The van der Waals surface area contributed by atoms with Gasteiger partial charge in [0, 0.05) is 32.1 Å². The topological polar surface area (TPSA) is 43.8 Å². The van der Waals surface area contributed by atoms with Crippen molar-refractivity contribution in [3.8, 4) is 0 Å².